The summed E-state index contributed by atoms with van der Waals surface area (Å²) in [6.45, 7) is 0. The van der Waals surface area contributed by atoms with Crippen LogP contribution < -0.4 is 0 Å². The Morgan fingerprint density at radius 3 is 3.18 bits per heavy atom. The van der Waals surface area contributed by atoms with Gasteiger partial charge in [-0.2, -0.15) is 9.64 Å². The molecule has 2 aromatic heterocycles. The lowest BCUT2D eigenvalue weighted by molar-refractivity contribution is 1.30. The molecule has 52 valence electrons. The van der Waals surface area contributed by atoms with Crippen LogP contribution >= 0.6 is 11.5 Å². The Morgan fingerprint density at radius 1 is 1.45 bits per heavy atom. The molecule has 0 radical (unpaired) electrons. The van der Waals surface area contributed by atoms with Crippen LogP contribution in [0.15, 0.2) is 17.5 Å². The monoisotopic (exact) mass is 161 g/mol. The molecule has 0 saturated heterocycles. The fourth-order valence-corrected chi connectivity index (χ4v) is 1.42. The van der Waals surface area contributed by atoms with Crippen LogP contribution in [0.3, 0.4) is 0 Å². The van der Waals surface area contributed by atoms with E-state index in [4.69, 9.17) is 5.26 Å². The number of hydrogen-bond donors (Lipinski definition) is 0. The first-order chi connectivity index (χ1) is 5.40. The van der Waals surface area contributed by atoms with Crippen molar-refractivity contribution < 1.29 is 0 Å². The van der Waals surface area contributed by atoms with Crippen molar-refractivity contribution in [3.63, 3.8) is 0 Å². The largest absolute Gasteiger partial charge is 0.216 e. The second kappa shape index (κ2) is 2.29. The molecule has 0 atom stereocenters. The molecule has 0 fully saturated rings. The number of pyridine rings is 1. The molecule has 0 aliphatic carbocycles. The highest BCUT2D eigenvalue weighted by molar-refractivity contribution is 7.04. The van der Waals surface area contributed by atoms with Crippen molar-refractivity contribution in [2.24, 2.45) is 0 Å². The van der Waals surface area contributed by atoms with Gasteiger partial charge in [0.25, 0.3) is 0 Å². The van der Waals surface area contributed by atoms with Crippen LogP contribution in [0, 0.1) is 11.3 Å². The molecule has 3 nitrogen and oxygen atoms in total. The van der Waals surface area contributed by atoms with Crippen LogP contribution in [0.5, 0.6) is 0 Å². The smallest absolute Gasteiger partial charge is 0.174 e. The van der Waals surface area contributed by atoms with Crippen molar-refractivity contribution in [2.75, 3.05) is 0 Å². The second-order valence-corrected chi connectivity index (χ2v) is 2.66. The number of hydrogen-bond acceptors (Lipinski definition) is 4. The van der Waals surface area contributed by atoms with Crippen molar-refractivity contribution in [3.8, 4) is 6.07 Å². The average molecular weight is 161 g/mol. The first-order valence-corrected chi connectivity index (χ1v) is 3.85. The van der Waals surface area contributed by atoms with Gasteiger partial charge in [0.1, 0.15) is 11.8 Å². The molecular weight excluding hydrogens is 158 g/mol. The SMILES string of the molecule is N#Cc1ccc2csnc2n1. The summed E-state index contributed by atoms with van der Waals surface area (Å²) in [5.74, 6) is 0. The number of nitrogens with zero attached hydrogens (tertiary/aromatic N) is 3. The summed E-state index contributed by atoms with van der Waals surface area (Å²) in [6.07, 6.45) is 0. The maximum Gasteiger partial charge on any atom is 0.174 e. The minimum Gasteiger partial charge on any atom is -0.216 e. The lowest BCUT2D eigenvalue weighted by Crippen LogP contribution is -1.81. The molecule has 0 saturated carbocycles. The van der Waals surface area contributed by atoms with Gasteiger partial charge in [0.05, 0.1) is 0 Å². The Labute approximate surface area is 67.1 Å². The zero-order valence-corrected chi connectivity index (χ0v) is 6.30. The molecule has 0 amide bonds. The van der Waals surface area contributed by atoms with E-state index in [1.807, 2.05) is 17.5 Å². The molecule has 0 spiro atoms. The summed E-state index contributed by atoms with van der Waals surface area (Å²) in [5.41, 5.74) is 1.08. The number of nitriles is 1. The van der Waals surface area contributed by atoms with Crippen LogP contribution in [0.25, 0.3) is 11.0 Å². The second-order valence-electron chi connectivity index (χ2n) is 2.04. The first-order valence-electron chi connectivity index (χ1n) is 3.01. The maximum atomic E-state index is 8.50. The van der Waals surface area contributed by atoms with Gasteiger partial charge in [-0.25, -0.2) is 4.98 Å². The molecule has 0 N–H and O–H groups in total. The minimum absolute atomic E-state index is 0.420. The van der Waals surface area contributed by atoms with Gasteiger partial charge in [0.15, 0.2) is 5.65 Å². The van der Waals surface area contributed by atoms with Gasteiger partial charge in [-0.15, -0.1) is 0 Å². The van der Waals surface area contributed by atoms with Crippen molar-refractivity contribution in [2.45, 2.75) is 0 Å². The van der Waals surface area contributed by atoms with E-state index in [1.165, 1.54) is 11.5 Å². The Bertz CT molecular complexity index is 426. The van der Waals surface area contributed by atoms with E-state index >= 15 is 0 Å². The summed E-state index contributed by atoms with van der Waals surface area (Å²) in [4.78, 5) is 3.99. The number of rotatable bonds is 0. The molecule has 0 bridgehead atoms. The fraction of sp³-hybridized carbons (Fsp3) is 0. The van der Waals surface area contributed by atoms with E-state index in [0.717, 1.165) is 5.39 Å². The van der Waals surface area contributed by atoms with Crippen molar-refractivity contribution in [3.05, 3.63) is 23.2 Å². The van der Waals surface area contributed by atoms with Crippen molar-refractivity contribution in [1.29, 1.82) is 5.26 Å². The van der Waals surface area contributed by atoms with Crippen LogP contribution in [0.2, 0.25) is 0 Å². The van der Waals surface area contributed by atoms with Gasteiger partial charge < -0.3 is 0 Å². The van der Waals surface area contributed by atoms with Crippen molar-refractivity contribution in [1.82, 2.24) is 9.36 Å². The molecule has 11 heavy (non-hydrogen) atoms. The van der Waals surface area contributed by atoms with E-state index < -0.39 is 0 Å². The van der Waals surface area contributed by atoms with Crippen molar-refractivity contribution >= 4 is 22.6 Å². The highest BCUT2D eigenvalue weighted by atomic mass is 32.1. The Kier molecular flexibility index (Phi) is 1.30. The highest BCUT2D eigenvalue weighted by Crippen LogP contribution is 2.12. The van der Waals surface area contributed by atoms with Gasteiger partial charge >= 0.3 is 0 Å². The number of aromatic nitrogens is 2. The van der Waals surface area contributed by atoms with Crippen LogP contribution in [0.1, 0.15) is 5.69 Å². The highest BCUT2D eigenvalue weighted by Gasteiger charge is 1.97. The molecule has 2 rings (SSSR count). The molecule has 0 aliphatic rings. The van der Waals surface area contributed by atoms with Gasteiger partial charge in [0, 0.05) is 10.8 Å². The number of fused-ring (bicyclic) bond motifs is 1. The van der Waals surface area contributed by atoms with E-state index in [1.54, 1.807) is 6.07 Å². The van der Waals surface area contributed by atoms with Gasteiger partial charge in [0.2, 0.25) is 0 Å². The lowest BCUT2D eigenvalue weighted by Gasteiger charge is -1.85. The van der Waals surface area contributed by atoms with Gasteiger partial charge in [-0.05, 0) is 23.7 Å². The maximum absolute atomic E-state index is 8.50. The zero-order valence-electron chi connectivity index (χ0n) is 5.48. The lowest BCUT2D eigenvalue weighted by atomic mass is 10.3. The first kappa shape index (κ1) is 6.25. The van der Waals surface area contributed by atoms with E-state index in [0.29, 0.717) is 11.3 Å². The van der Waals surface area contributed by atoms with Crippen LogP contribution in [0.4, 0.5) is 0 Å². The predicted molar refractivity (Wildman–Crippen MR) is 42.1 cm³/mol. The molecular formula is C7H3N3S. The standard InChI is InChI=1S/C7H3N3S/c8-3-6-2-1-5-4-11-10-7(5)9-6/h1-2,4H. The summed E-state index contributed by atoms with van der Waals surface area (Å²) in [5, 5.41) is 11.4. The summed E-state index contributed by atoms with van der Waals surface area (Å²) < 4.78 is 4.01. The Hall–Kier alpha value is -1.47. The molecule has 0 unspecified atom stereocenters. The average Bonchev–Trinajstić information content (AvgIpc) is 2.50. The third-order valence-corrected chi connectivity index (χ3v) is 1.98. The predicted octanol–water partition coefficient (Wildman–Crippen LogP) is 1.56. The molecule has 4 heteroatoms. The normalized spacial score (nSPS) is 9.73. The third kappa shape index (κ3) is 0.954. The topological polar surface area (TPSA) is 49.6 Å². The fourth-order valence-electron chi connectivity index (χ4n) is 0.820. The zero-order chi connectivity index (χ0) is 7.68. The third-order valence-electron chi connectivity index (χ3n) is 1.34. The minimum atomic E-state index is 0.420. The summed E-state index contributed by atoms with van der Waals surface area (Å²) in [7, 11) is 0. The van der Waals surface area contributed by atoms with Gasteiger partial charge in [-0.1, -0.05) is 0 Å². The van der Waals surface area contributed by atoms with Gasteiger partial charge in [-0.3, -0.25) is 0 Å². The quantitative estimate of drug-likeness (QED) is 0.589. The summed E-state index contributed by atoms with van der Waals surface area (Å²) in [6, 6.07) is 5.51. The molecule has 0 aromatic carbocycles. The van der Waals surface area contributed by atoms with Crippen LogP contribution in [-0.2, 0) is 0 Å². The summed E-state index contributed by atoms with van der Waals surface area (Å²) >= 11 is 1.35. The molecule has 2 heterocycles. The Balaban J connectivity index is 2.79. The van der Waals surface area contributed by atoms with Crippen LogP contribution in [-0.4, -0.2) is 9.36 Å². The van der Waals surface area contributed by atoms with E-state index in [2.05, 4.69) is 9.36 Å². The Morgan fingerprint density at radius 2 is 2.36 bits per heavy atom. The van der Waals surface area contributed by atoms with E-state index in [-0.39, 0.29) is 0 Å². The molecule has 2 aromatic rings. The molecule has 0 aliphatic heterocycles. The van der Waals surface area contributed by atoms with E-state index in [9.17, 15) is 0 Å².